The fourth-order valence-corrected chi connectivity index (χ4v) is 2.58. The Balaban J connectivity index is 1.66. The SMILES string of the molecule is CCCNC1CCC(OC2CCOC2=O)CC1. The lowest BCUT2D eigenvalue weighted by molar-refractivity contribution is -0.151. The molecule has 1 saturated carbocycles. The average Bonchev–Trinajstić information content (AvgIpc) is 2.74. The zero-order valence-corrected chi connectivity index (χ0v) is 10.6. The monoisotopic (exact) mass is 241 g/mol. The van der Waals surface area contributed by atoms with Crippen molar-refractivity contribution in [2.24, 2.45) is 0 Å². The van der Waals surface area contributed by atoms with E-state index in [2.05, 4.69) is 12.2 Å². The number of rotatable bonds is 5. The predicted molar refractivity (Wildman–Crippen MR) is 64.8 cm³/mol. The Morgan fingerprint density at radius 1 is 1.29 bits per heavy atom. The summed E-state index contributed by atoms with van der Waals surface area (Å²) in [5, 5.41) is 3.55. The van der Waals surface area contributed by atoms with Crippen molar-refractivity contribution < 1.29 is 14.3 Å². The molecule has 0 aromatic heterocycles. The highest BCUT2D eigenvalue weighted by atomic mass is 16.6. The Labute approximate surface area is 103 Å². The number of carbonyl (C=O) groups excluding carboxylic acids is 1. The fraction of sp³-hybridized carbons (Fsp3) is 0.923. The Hall–Kier alpha value is -0.610. The van der Waals surface area contributed by atoms with Gasteiger partial charge < -0.3 is 14.8 Å². The van der Waals surface area contributed by atoms with Crippen LogP contribution in [0.4, 0.5) is 0 Å². The van der Waals surface area contributed by atoms with Crippen LogP contribution in [0.25, 0.3) is 0 Å². The summed E-state index contributed by atoms with van der Waals surface area (Å²) < 4.78 is 10.7. The van der Waals surface area contributed by atoms with Crippen LogP contribution in [-0.2, 0) is 14.3 Å². The lowest BCUT2D eigenvalue weighted by Crippen LogP contribution is -2.37. The molecule has 0 aromatic carbocycles. The van der Waals surface area contributed by atoms with Crippen LogP contribution in [0.3, 0.4) is 0 Å². The Bertz CT molecular complexity index is 249. The van der Waals surface area contributed by atoms with Gasteiger partial charge in [0, 0.05) is 12.5 Å². The van der Waals surface area contributed by atoms with Gasteiger partial charge >= 0.3 is 5.97 Å². The third kappa shape index (κ3) is 3.68. The molecule has 17 heavy (non-hydrogen) atoms. The molecule has 1 unspecified atom stereocenters. The summed E-state index contributed by atoms with van der Waals surface area (Å²) in [6.45, 7) is 3.81. The molecule has 1 saturated heterocycles. The molecule has 0 spiro atoms. The summed E-state index contributed by atoms with van der Waals surface area (Å²) in [4.78, 5) is 11.3. The molecule has 0 aromatic rings. The summed E-state index contributed by atoms with van der Waals surface area (Å²) >= 11 is 0. The van der Waals surface area contributed by atoms with Gasteiger partial charge in [0.15, 0.2) is 6.10 Å². The Morgan fingerprint density at radius 3 is 2.65 bits per heavy atom. The van der Waals surface area contributed by atoms with E-state index in [9.17, 15) is 4.79 Å². The normalized spacial score (nSPS) is 33.7. The maximum absolute atomic E-state index is 11.3. The zero-order chi connectivity index (χ0) is 12.1. The van der Waals surface area contributed by atoms with Gasteiger partial charge in [-0.1, -0.05) is 6.92 Å². The van der Waals surface area contributed by atoms with Crippen LogP contribution >= 0.6 is 0 Å². The molecule has 1 aliphatic heterocycles. The maximum Gasteiger partial charge on any atom is 0.335 e. The van der Waals surface area contributed by atoms with E-state index in [4.69, 9.17) is 9.47 Å². The first kappa shape index (κ1) is 12.8. The summed E-state index contributed by atoms with van der Waals surface area (Å²) in [6.07, 6.45) is 6.32. The van der Waals surface area contributed by atoms with Gasteiger partial charge in [-0.15, -0.1) is 0 Å². The van der Waals surface area contributed by atoms with Crippen molar-refractivity contribution in [2.45, 2.75) is 63.7 Å². The highest BCUT2D eigenvalue weighted by Crippen LogP contribution is 2.24. The molecule has 1 heterocycles. The summed E-state index contributed by atoms with van der Waals surface area (Å²) in [5.41, 5.74) is 0. The van der Waals surface area contributed by atoms with Gasteiger partial charge in [0.1, 0.15) is 0 Å². The quantitative estimate of drug-likeness (QED) is 0.743. The van der Waals surface area contributed by atoms with Gasteiger partial charge in [-0.3, -0.25) is 0 Å². The zero-order valence-electron chi connectivity index (χ0n) is 10.6. The molecule has 98 valence electrons. The molecule has 2 rings (SSSR count). The third-order valence-corrected chi connectivity index (χ3v) is 3.60. The number of hydrogen-bond donors (Lipinski definition) is 1. The van der Waals surface area contributed by atoms with Gasteiger partial charge in [-0.2, -0.15) is 0 Å². The molecule has 1 aliphatic carbocycles. The largest absolute Gasteiger partial charge is 0.464 e. The molecule has 0 bridgehead atoms. The fourth-order valence-electron chi connectivity index (χ4n) is 2.58. The van der Waals surface area contributed by atoms with Crippen molar-refractivity contribution in [1.29, 1.82) is 0 Å². The third-order valence-electron chi connectivity index (χ3n) is 3.60. The van der Waals surface area contributed by atoms with Crippen LogP contribution in [0.15, 0.2) is 0 Å². The van der Waals surface area contributed by atoms with Crippen molar-refractivity contribution in [3.05, 3.63) is 0 Å². The van der Waals surface area contributed by atoms with Crippen molar-refractivity contribution in [3.8, 4) is 0 Å². The minimum absolute atomic E-state index is 0.170. The van der Waals surface area contributed by atoms with E-state index < -0.39 is 0 Å². The molecule has 4 heteroatoms. The minimum Gasteiger partial charge on any atom is -0.464 e. The first-order chi connectivity index (χ1) is 8.29. The van der Waals surface area contributed by atoms with Crippen LogP contribution in [0.1, 0.15) is 45.4 Å². The molecule has 2 fully saturated rings. The van der Waals surface area contributed by atoms with Crippen molar-refractivity contribution in [3.63, 3.8) is 0 Å². The van der Waals surface area contributed by atoms with Gasteiger partial charge in [-0.25, -0.2) is 4.79 Å². The molecule has 0 radical (unpaired) electrons. The van der Waals surface area contributed by atoms with Crippen LogP contribution in [0, 0.1) is 0 Å². The van der Waals surface area contributed by atoms with E-state index in [-0.39, 0.29) is 18.2 Å². The lowest BCUT2D eigenvalue weighted by Gasteiger charge is -2.30. The second-order valence-corrected chi connectivity index (χ2v) is 5.01. The average molecular weight is 241 g/mol. The lowest BCUT2D eigenvalue weighted by atomic mass is 9.92. The van der Waals surface area contributed by atoms with Crippen molar-refractivity contribution in [1.82, 2.24) is 5.32 Å². The number of hydrogen-bond acceptors (Lipinski definition) is 4. The van der Waals surface area contributed by atoms with E-state index in [1.807, 2.05) is 0 Å². The predicted octanol–water partition coefficient (Wildman–Crippen LogP) is 1.63. The molecule has 2 aliphatic rings. The smallest absolute Gasteiger partial charge is 0.335 e. The second kappa shape index (κ2) is 6.36. The van der Waals surface area contributed by atoms with Crippen LogP contribution in [0.5, 0.6) is 0 Å². The van der Waals surface area contributed by atoms with Gasteiger partial charge in [0.05, 0.1) is 12.7 Å². The number of esters is 1. The molecule has 1 atom stereocenters. The molecule has 4 nitrogen and oxygen atoms in total. The number of nitrogens with one attached hydrogen (secondary N) is 1. The van der Waals surface area contributed by atoms with E-state index >= 15 is 0 Å². The molecular formula is C13H23NO3. The Kier molecular flexibility index (Phi) is 4.80. The highest BCUT2D eigenvalue weighted by molar-refractivity contribution is 5.76. The van der Waals surface area contributed by atoms with Crippen LogP contribution in [0.2, 0.25) is 0 Å². The second-order valence-electron chi connectivity index (χ2n) is 5.01. The topological polar surface area (TPSA) is 47.6 Å². The van der Waals surface area contributed by atoms with Crippen molar-refractivity contribution in [2.75, 3.05) is 13.2 Å². The van der Waals surface area contributed by atoms with E-state index in [1.165, 1.54) is 6.42 Å². The van der Waals surface area contributed by atoms with Gasteiger partial charge in [0.2, 0.25) is 0 Å². The highest BCUT2D eigenvalue weighted by Gasteiger charge is 2.31. The van der Waals surface area contributed by atoms with E-state index in [0.29, 0.717) is 12.6 Å². The van der Waals surface area contributed by atoms with Crippen molar-refractivity contribution >= 4 is 5.97 Å². The molecular weight excluding hydrogens is 218 g/mol. The summed E-state index contributed by atoms with van der Waals surface area (Å²) in [6, 6.07) is 0.644. The summed E-state index contributed by atoms with van der Waals surface area (Å²) in [5.74, 6) is -0.170. The first-order valence-corrected chi connectivity index (χ1v) is 6.85. The van der Waals surface area contributed by atoms with E-state index in [0.717, 1.165) is 38.6 Å². The number of carbonyl (C=O) groups is 1. The van der Waals surface area contributed by atoms with Crippen LogP contribution < -0.4 is 5.32 Å². The van der Waals surface area contributed by atoms with E-state index in [1.54, 1.807) is 0 Å². The number of cyclic esters (lactones) is 1. The standard InChI is InChI=1S/C13H23NO3/c1-2-8-14-10-3-5-11(6-4-10)17-12-7-9-16-13(12)15/h10-12,14H,2-9H2,1H3. The minimum atomic E-state index is -0.292. The Morgan fingerprint density at radius 2 is 2.06 bits per heavy atom. The molecule has 1 N–H and O–H groups in total. The molecule has 0 amide bonds. The number of ether oxygens (including phenoxy) is 2. The first-order valence-electron chi connectivity index (χ1n) is 6.85. The maximum atomic E-state index is 11.3. The van der Waals surface area contributed by atoms with Gasteiger partial charge in [-0.05, 0) is 38.6 Å². The van der Waals surface area contributed by atoms with Gasteiger partial charge in [0.25, 0.3) is 0 Å². The summed E-state index contributed by atoms with van der Waals surface area (Å²) in [7, 11) is 0. The van der Waals surface area contributed by atoms with Crippen LogP contribution in [-0.4, -0.2) is 37.4 Å².